The van der Waals surface area contributed by atoms with Gasteiger partial charge in [0.15, 0.2) is 5.82 Å². The lowest BCUT2D eigenvalue weighted by Crippen LogP contribution is -2.34. The number of rotatable bonds is 1. The minimum Gasteiger partial charge on any atom is -0.433 e. The molecule has 0 atom stereocenters. The van der Waals surface area contributed by atoms with Gasteiger partial charge in [-0.25, -0.2) is 15.0 Å². The Morgan fingerprint density at radius 1 is 0.795 bits per heavy atom. The third-order valence-electron chi connectivity index (χ3n) is 7.65. The average molecular weight is 519 g/mol. The quantitative estimate of drug-likeness (QED) is 0.213. The molecule has 6 nitrogen and oxygen atoms in total. The van der Waals surface area contributed by atoms with Crippen LogP contribution in [0.2, 0.25) is 0 Å². The fraction of sp³-hybridized carbons (Fsp3) is 0.364. The number of hydrogen-bond acceptors (Lipinski definition) is 5. The molecule has 2 aromatic heterocycles. The molecule has 0 fully saturated rings. The Balaban J connectivity index is 1.68. The minimum absolute atomic E-state index is 0.224. The third-order valence-corrected chi connectivity index (χ3v) is 7.65. The van der Waals surface area contributed by atoms with Crippen LogP contribution in [0.4, 0.5) is 0 Å². The summed E-state index contributed by atoms with van der Waals surface area (Å²) in [4.78, 5) is 20.0. The van der Waals surface area contributed by atoms with Gasteiger partial charge in [-0.2, -0.15) is 9.55 Å². The molecule has 3 aromatic carbocycles. The molecule has 6 rings (SSSR count). The molecule has 6 heteroatoms. The van der Waals surface area contributed by atoms with Gasteiger partial charge < -0.3 is 4.74 Å². The second-order valence-corrected chi connectivity index (χ2v) is 13.0. The lowest BCUT2D eigenvalue weighted by Gasteiger charge is -2.23. The van der Waals surface area contributed by atoms with Crippen molar-refractivity contribution >= 4 is 21.8 Å². The van der Waals surface area contributed by atoms with Gasteiger partial charge in [-0.15, -0.1) is 0 Å². The number of benzene rings is 3. The van der Waals surface area contributed by atoms with Crippen LogP contribution in [0, 0.1) is 20.8 Å². The molecule has 39 heavy (non-hydrogen) atoms. The summed E-state index contributed by atoms with van der Waals surface area (Å²) in [6.07, 6.45) is 0. The van der Waals surface area contributed by atoms with Gasteiger partial charge >= 0.3 is 0 Å². The summed E-state index contributed by atoms with van der Waals surface area (Å²) in [7, 11) is 2.09. The van der Waals surface area contributed by atoms with E-state index in [4.69, 9.17) is 24.7 Å². The highest BCUT2D eigenvalue weighted by Crippen LogP contribution is 2.47. The van der Waals surface area contributed by atoms with E-state index in [0.717, 1.165) is 50.6 Å². The fourth-order valence-electron chi connectivity index (χ4n) is 5.40. The summed E-state index contributed by atoms with van der Waals surface area (Å²) in [5.74, 6) is 3.64. The van der Waals surface area contributed by atoms with Crippen molar-refractivity contribution in [3.63, 3.8) is 0 Å². The number of hydrogen-bond donors (Lipinski definition) is 0. The van der Waals surface area contributed by atoms with Gasteiger partial charge in [0.2, 0.25) is 5.52 Å². The lowest BCUT2D eigenvalue weighted by atomic mass is 9.90. The molecule has 198 valence electrons. The van der Waals surface area contributed by atoms with Crippen LogP contribution < -0.4 is 9.30 Å². The van der Waals surface area contributed by atoms with Gasteiger partial charge in [0.1, 0.15) is 30.0 Å². The molecule has 5 aromatic rings. The van der Waals surface area contributed by atoms with E-state index in [1.807, 2.05) is 6.07 Å². The first-order valence-corrected chi connectivity index (χ1v) is 13.6. The zero-order chi connectivity index (χ0) is 28.0. The van der Waals surface area contributed by atoms with Crippen molar-refractivity contribution in [1.29, 1.82) is 0 Å². The molecule has 0 amide bonds. The Morgan fingerprint density at radius 3 is 2.10 bits per heavy atom. The van der Waals surface area contributed by atoms with Crippen LogP contribution in [0.3, 0.4) is 0 Å². The molecule has 0 radical (unpaired) electrons. The number of ether oxygens (including phenoxy) is 1. The van der Waals surface area contributed by atoms with Gasteiger partial charge in [-0.05, 0) is 55.0 Å². The first-order valence-electron chi connectivity index (χ1n) is 13.6. The van der Waals surface area contributed by atoms with Crippen molar-refractivity contribution in [3.8, 4) is 34.3 Å². The SMILES string of the molecule is Cc1cc2c3c(c(C)c(C)cc3c1)-c1c(nc3c(-c4nc(C(C)(C)C)nc(C(C)(C)C)n4)cccc3[n+]1C)O2. The number of para-hydroxylation sites is 1. The van der Waals surface area contributed by atoms with Crippen LogP contribution in [0.15, 0.2) is 36.4 Å². The molecule has 1 aliphatic rings. The van der Waals surface area contributed by atoms with E-state index in [-0.39, 0.29) is 10.8 Å². The Bertz CT molecular complexity index is 1810. The predicted molar refractivity (Wildman–Crippen MR) is 156 cm³/mol. The van der Waals surface area contributed by atoms with E-state index in [1.54, 1.807) is 0 Å². The number of aromatic nitrogens is 5. The maximum atomic E-state index is 6.58. The van der Waals surface area contributed by atoms with Crippen molar-refractivity contribution < 1.29 is 9.30 Å². The Hall–Kier alpha value is -3.93. The van der Waals surface area contributed by atoms with Crippen LogP contribution in [0.25, 0.3) is 44.5 Å². The monoisotopic (exact) mass is 518 g/mol. The van der Waals surface area contributed by atoms with Crippen molar-refractivity contribution in [3.05, 3.63) is 64.7 Å². The third kappa shape index (κ3) is 3.96. The molecule has 0 saturated carbocycles. The normalized spacial score (nSPS) is 13.1. The largest absolute Gasteiger partial charge is 0.433 e. The highest BCUT2D eigenvalue weighted by atomic mass is 16.5. The van der Waals surface area contributed by atoms with E-state index in [0.29, 0.717) is 11.7 Å². The van der Waals surface area contributed by atoms with Crippen molar-refractivity contribution in [2.75, 3.05) is 0 Å². The number of nitrogens with zero attached hydrogens (tertiary/aromatic N) is 5. The van der Waals surface area contributed by atoms with Crippen molar-refractivity contribution in [1.82, 2.24) is 19.9 Å². The van der Waals surface area contributed by atoms with E-state index >= 15 is 0 Å². The van der Waals surface area contributed by atoms with Crippen molar-refractivity contribution in [2.45, 2.75) is 73.1 Å². The highest BCUT2D eigenvalue weighted by Gasteiger charge is 2.34. The Labute approximate surface area is 230 Å². The summed E-state index contributed by atoms with van der Waals surface area (Å²) in [5.41, 5.74) is 8.06. The molecule has 0 N–H and O–H groups in total. The van der Waals surface area contributed by atoms with Crippen LogP contribution >= 0.6 is 0 Å². The first-order chi connectivity index (χ1) is 18.2. The van der Waals surface area contributed by atoms with Crippen molar-refractivity contribution in [2.24, 2.45) is 7.05 Å². The molecule has 0 aliphatic carbocycles. The molecule has 0 bridgehead atoms. The standard InChI is InChI=1S/C33H36N5O/c1-17-14-20-16-18(2)19(3)24-25(20)23(15-17)39-29-27(24)38(10)22-13-11-12-21(26(22)34-29)28-35-30(32(4,5)6)37-31(36-28)33(7,8)9/h11-16H,1-10H3/q+1. The van der Waals surface area contributed by atoms with Crippen LogP contribution in [0.5, 0.6) is 11.6 Å². The second kappa shape index (κ2) is 8.28. The zero-order valence-electron chi connectivity index (χ0n) is 24.6. The summed E-state index contributed by atoms with van der Waals surface area (Å²) >= 11 is 0. The average Bonchev–Trinajstić information content (AvgIpc) is 2.84. The summed E-state index contributed by atoms with van der Waals surface area (Å²) < 4.78 is 8.79. The zero-order valence-corrected chi connectivity index (χ0v) is 24.6. The smallest absolute Gasteiger partial charge is 0.294 e. The summed E-state index contributed by atoms with van der Waals surface area (Å²) in [6, 6.07) is 12.8. The Kier molecular flexibility index (Phi) is 5.38. The minimum atomic E-state index is -0.224. The summed E-state index contributed by atoms with van der Waals surface area (Å²) in [5, 5.41) is 2.34. The van der Waals surface area contributed by atoms with Crippen LogP contribution in [-0.2, 0) is 17.9 Å². The van der Waals surface area contributed by atoms with Crippen LogP contribution in [0.1, 0.15) is 69.9 Å². The lowest BCUT2D eigenvalue weighted by molar-refractivity contribution is -0.634. The fourth-order valence-corrected chi connectivity index (χ4v) is 5.40. The highest BCUT2D eigenvalue weighted by molar-refractivity contribution is 6.05. The second-order valence-electron chi connectivity index (χ2n) is 13.0. The predicted octanol–water partition coefficient (Wildman–Crippen LogP) is 7.36. The maximum absolute atomic E-state index is 6.58. The van der Waals surface area contributed by atoms with E-state index in [2.05, 4.69) is 104 Å². The molecular weight excluding hydrogens is 482 g/mol. The van der Waals surface area contributed by atoms with Gasteiger partial charge in [0, 0.05) is 22.3 Å². The summed E-state index contributed by atoms with van der Waals surface area (Å²) in [6.45, 7) is 19.3. The molecule has 0 unspecified atom stereocenters. The Morgan fingerprint density at radius 2 is 1.46 bits per heavy atom. The first kappa shape index (κ1) is 25.4. The van der Waals surface area contributed by atoms with E-state index < -0.39 is 0 Å². The van der Waals surface area contributed by atoms with E-state index in [9.17, 15) is 0 Å². The van der Waals surface area contributed by atoms with Crippen LogP contribution in [-0.4, -0.2) is 19.9 Å². The molecule has 0 saturated heterocycles. The molecule has 0 spiro atoms. The number of aryl methyl sites for hydroxylation is 3. The topological polar surface area (TPSA) is 64.7 Å². The van der Waals surface area contributed by atoms with Gasteiger partial charge in [0.05, 0.1) is 11.1 Å². The number of fused-ring (bicyclic) bond motifs is 3. The van der Waals surface area contributed by atoms with Gasteiger partial charge in [-0.3, -0.25) is 0 Å². The maximum Gasteiger partial charge on any atom is 0.294 e. The van der Waals surface area contributed by atoms with E-state index in [1.165, 1.54) is 22.1 Å². The van der Waals surface area contributed by atoms with Gasteiger partial charge in [-0.1, -0.05) is 59.7 Å². The molecular formula is C33H36N5O+. The molecule has 3 heterocycles. The van der Waals surface area contributed by atoms with Gasteiger partial charge in [0.25, 0.3) is 11.6 Å². The molecule has 1 aliphatic heterocycles.